The second-order valence-electron chi connectivity index (χ2n) is 9.06. The molecule has 0 bridgehead atoms. The molecule has 2 unspecified atom stereocenters. The van der Waals surface area contributed by atoms with Gasteiger partial charge in [0.25, 0.3) is 0 Å². The predicted molar refractivity (Wildman–Crippen MR) is 112 cm³/mol. The fraction of sp³-hybridized carbons (Fsp3) is 0.900. The lowest BCUT2D eigenvalue weighted by atomic mass is 10.1. The van der Waals surface area contributed by atoms with Crippen molar-refractivity contribution in [1.29, 1.82) is 0 Å². The molecule has 0 fully saturated rings. The van der Waals surface area contributed by atoms with E-state index in [9.17, 15) is 9.59 Å². The van der Waals surface area contributed by atoms with Gasteiger partial charge in [0, 0.05) is 0 Å². The first-order valence-corrected chi connectivity index (χ1v) is 10.2. The summed E-state index contributed by atoms with van der Waals surface area (Å²) in [4.78, 5) is 23.5. The van der Waals surface area contributed by atoms with Gasteiger partial charge in [-0.25, -0.2) is 0 Å². The third-order valence-corrected chi connectivity index (χ3v) is 3.64. The van der Waals surface area contributed by atoms with Crippen molar-refractivity contribution in [2.24, 2.45) is 11.5 Å². The van der Waals surface area contributed by atoms with E-state index in [1.807, 2.05) is 41.5 Å². The Hall–Kier alpha value is -1.22. The lowest BCUT2D eigenvalue weighted by Crippen LogP contribution is -2.39. The first kappa shape index (κ1) is 26.8. The van der Waals surface area contributed by atoms with Crippen molar-refractivity contribution in [3.63, 3.8) is 0 Å². The maximum absolute atomic E-state index is 11.8. The molecule has 166 valence electrons. The van der Waals surface area contributed by atoms with Crippen LogP contribution in [0.5, 0.6) is 0 Å². The molecule has 6 N–H and O–H groups in total. The average Bonchev–Trinajstić information content (AvgIpc) is 2.52. The highest BCUT2D eigenvalue weighted by Crippen LogP contribution is 2.09. The van der Waals surface area contributed by atoms with E-state index in [0.29, 0.717) is 25.9 Å². The number of ether oxygens (including phenoxy) is 2. The molecule has 8 heteroatoms. The van der Waals surface area contributed by atoms with E-state index in [2.05, 4.69) is 10.6 Å². The van der Waals surface area contributed by atoms with E-state index in [-0.39, 0.29) is 11.9 Å². The van der Waals surface area contributed by atoms with Crippen molar-refractivity contribution in [1.82, 2.24) is 10.6 Å². The zero-order chi connectivity index (χ0) is 21.8. The predicted octanol–water partition coefficient (Wildman–Crippen LogP) is 1.06. The van der Waals surface area contributed by atoms with Crippen LogP contribution in [0.25, 0.3) is 0 Å². The molecule has 0 rings (SSSR count). The standard InChI is InChI=1S/C20H42N4O4/c1-19(2,3)27-17(25)15(21)9-13-23-11-7-8-12-24-14-10-16(22)18(26)28-20(4,5)6/h15-16,23-24H,7-14,21-22H2,1-6H3. The van der Waals surface area contributed by atoms with Gasteiger partial charge in [-0.2, -0.15) is 0 Å². The molecule has 0 saturated heterocycles. The Kier molecular flexibility index (Phi) is 12.5. The topological polar surface area (TPSA) is 129 Å². The summed E-state index contributed by atoms with van der Waals surface area (Å²) < 4.78 is 10.5. The summed E-state index contributed by atoms with van der Waals surface area (Å²) in [7, 11) is 0. The lowest BCUT2D eigenvalue weighted by molar-refractivity contribution is -0.157. The van der Waals surface area contributed by atoms with Crippen LogP contribution in [0.1, 0.15) is 67.2 Å². The molecule has 0 aliphatic rings. The Morgan fingerprint density at radius 2 is 1.04 bits per heavy atom. The summed E-state index contributed by atoms with van der Waals surface area (Å²) in [5, 5.41) is 6.57. The molecular weight excluding hydrogens is 360 g/mol. The Morgan fingerprint density at radius 1 is 0.714 bits per heavy atom. The van der Waals surface area contributed by atoms with Crippen molar-refractivity contribution >= 4 is 11.9 Å². The number of nitrogens with one attached hydrogen (secondary N) is 2. The molecule has 0 amide bonds. The normalized spacial score (nSPS) is 14.4. The molecule has 0 radical (unpaired) electrons. The van der Waals surface area contributed by atoms with Crippen LogP contribution < -0.4 is 22.1 Å². The van der Waals surface area contributed by atoms with Gasteiger partial charge in [-0.05, 0) is 93.4 Å². The number of hydrogen-bond donors (Lipinski definition) is 4. The second kappa shape index (κ2) is 13.1. The van der Waals surface area contributed by atoms with Crippen LogP contribution in [-0.4, -0.2) is 61.4 Å². The maximum Gasteiger partial charge on any atom is 0.323 e. The van der Waals surface area contributed by atoms with Crippen LogP contribution in [-0.2, 0) is 19.1 Å². The van der Waals surface area contributed by atoms with E-state index >= 15 is 0 Å². The van der Waals surface area contributed by atoms with Gasteiger partial charge < -0.3 is 31.6 Å². The maximum atomic E-state index is 11.8. The second-order valence-corrected chi connectivity index (χ2v) is 9.06. The molecule has 0 aliphatic heterocycles. The van der Waals surface area contributed by atoms with Gasteiger partial charge in [0.15, 0.2) is 0 Å². The largest absolute Gasteiger partial charge is 0.459 e. The van der Waals surface area contributed by atoms with Crippen LogP contribution in [0.2, 0.25) is 0 Å². The number of hydrogen-bond acceptors (Lipinski definition) is 8. The number of carbonyl (C=O) groups is 2. The summed E-state index contributed by atoms with van der Waals surface area (Å²) in [6, 6.07) is -1.19. The highest BCUT2D eigenvalue weighted by molar-refractivity contribution is 5.76. The van der Waals surface area contributed by atoms with E-state index in [0.717, 1.165) is 25.9 Å². The minimum absolute atomic E-state index is 0.358. The summed E-state index contributed by atoms with van der Waals surface area (Å²) >= 11 is 0. The minimum Gasteiger partial charge on any atom is -0.459 e. The molecule has 0 aromatic carbocycles. The third kappa shape index (κ3) is 15.8. The van der Waals surface area contributed by atoms with Gasteiger partial charge in [-0.15, -0.1) is 0 Å². The molecule has 8 nitrogen and oxygen atoms in total. The van der Waals surface area contributed by atoms with Gasteiger partial charge >= 0.3 is 11.9 Å². The number of carbonyl (C=O) groups excluding carboxylic acids is 2. The van der Waals surface area contributed by atoms with E-state index in [1.54, 1.807) is 0 Å². The van der Waals surface area contributed by atoms with Crippen LogP contribution in [0, 0.1) is 0 Å². The van der Waals surface area contributed by atoms with Gasteiger partial charge in [-0.1, -0.05) is 0 Å². The molecule has 2 atom stereocenters. The number of unbranched alkanes of at least 4 members (excludes halogenated alkanes) is 1. The molecule has 0 aromatic rings. The van der Waals surface area contributed by atoms with Crippen LogP contribution >= 0.6 is 0 Å². The summed E-state index contributed by atoms with van der Waals surface area (Å²) in [5.41, 5.74) is 10.6. The van der Waals surface area contributed by atoms with E-state index < -0.39 is 23.3 Å². The summed E-state index contributed by atoms with van der Waals surface area (Å²) in [5.74, 6) is -0.717. The summed E-state index contributed by atoms with van der Waals surface area (Å²) in [6.45, 7) is 14.1. The number of esters is 2. The molecule has 0 heterocycles. The Labute approximate surface area is 170 Å². The first-order valence-electron chi connectivity index (χ1n) is 10.2. The van der Waals surface area contributed by atoms with Crippen molar-refractivity contribution in [3.8, 4) is 0 Å². The highest BCUT2D eigenvalue weighted by Gasteiger charge is 2.22. The van der Waals surface area contributed by atoms with Crippen molar-refractivity contribution in [2.45, 2.75) is 90.5 Å². The SMILES string of the molecule is CC(C)(C)OC(=O)C(N)CCNCCCCNCCC(N)C(=O)OC(C)(C)C. The molecule has 28 heavy (non-hydrogen) atoms. The van der Waals surface area contributed by atoms with Gasteiger partial charge in [0.05, 0.1) is 0 Å². The fourth-order valence-electron chi connectivity index (χ4n) is 2.26. The van der Waals surface area contributed by atoms with Gasteiger partial charge in [0.1, 0.15) is 23.3 Å². The first-order chi connectivity index (χ1) is 12.8. The molecule has 0 aromatic heterocycles. The molecule has 0 aliphatic carbocycles. The minimum atomic E-state index is -0.595. The smallest absolute Gasteiger partial charge is 0.323 e. The zero-order valence-electron chi connectivity index (χ0n) is 18.6. The monoisotopic (exact) mass is 402 g/mol. The van der Waals surface area contributed by atoms with Crippen LogP contribution in [0.3, 0.4) is 0 Å². The Morgan fingerprint density at radius 3 is 1.32 bits per heavy atom. The fourth-order valence-corrected chi connectivity index (χ4v) is 2.26. The molecule has 0 spiro atoms. The Balaban J connectivity index is 3.58. The van der Waals surface area contributed by atoms with E-state index in [4.69, 9.17) is 20.9 Å². The lowest BCUT2D eigenvalue weighted by Gasteiger charge is -2.22. The van der Waals surface area contributed by atoms with Crippen LogP contribution in [0.4, 0.5) is 0 Å². The summed E-state index contributed by atoms with van der Waals surface area (Å²) in [6.07, 6.45) is 3.12. The highest BCUT2D eigenvalue weighted by atomic mass is 16.6. The number of nitrogens with two attached hydrogens (primary N) is 2. The van der Waals surface area contributed by atoms with E-state index in [1.165, 1.54) is 0 Å². The van der Waals surface area contributed by atoms with Crippen molar-refractivity contribution in [2.75, 3.05) is 26.2 Å². The zero-order valence-corrected chi connectivity index (χ0v) is 18.6. The van der Waals surface area contributed by atoms with Gasteiger partial charge in [-0.3, -0.25) is 9.59 Å². The third-order valence-electron chi connectivity index (χ3n) is 3.64. The number of rotatable bonds is 13. The quantitative estimate of drug-likeness (QED) is 0.266. The molecule has 0 saturated carbocycles. The molecular formula is C20H42N4O4. The average molecular weight is 403 g/mol. The van der Waals surface area contributed by atoms with Crippen molar-refractivity contribution < 1.29 is 19.1 Å². The van der Waals surface area contributed by atoms with Gasteiger partial charge in [0.2, 0.25) is 0 Å². The van der Waals surface area contributed by atoms with Crippen molar-refractivity contribution in [3.05, 3.63) is 0 Å². The Bertz CT molecular complexity index is 416. The van der Waals surface area contributed by atoms with Crippen LogP contribution in [0.15, 0.2) is 0 Å².